The Morgan fingerprint density at radius 2 is 1.29 bits per heavy atom. The van der Waals surface area contributed by atoms with Crippen molar-refractivity contribution in [2.75, 3.05) is 0 Å². The van der Waals surface area contributed by atoms with Gasteiger partial charge in [-0.25, -0.2) is 0 Å². The van der Waals surface area contributed by atoms with E-state index in [1.807, 2.05) is 26.8 Å². The molecule has 0 aromatic heterocycles. The van der Waals surface area contributed by atoms with Crippen molar-refractivity contribution in [2.45, 2.75) is 40.0 Å². The molecule has 0 aliphatic carbocycles. The minimum atomic E-state index is 0.174. The van der Waals surface area contributed by atoms with Crippen molar-refractivity contribution in [1.29, 1.82) is 0 Å². The predicted molar refractivity (Wildman–Crippen MR) is 85.0 cm³/mol. The van der Waals surface area contributed by atoms with Gasteiger partial charge >= 0.3 is 0 Å². The lowest BCUT2D eigenvalue weighted by Gasteiger charge is -2.20. The third-order valence-corrected chi connectivity index (χ3v) is 3.94. The fraction of sp³-hybridized carbons (Fsp3) is 0.333. The van der Waals surface area contributed by atoms with Crippen molar-refractivity contribution in [3.05, 3.63) is 41.0 Å². The highest BCUT2D eigenvalue weighted by molar-refractivity contribution is 5.79. The molecule has 0 atom stereocenters. The zero-order chi connectivity index (χ0) is 15.6. The highest BCUT2D eigenvalue weighted by atomic mass is 16.3. The van der Waals surface area contributed by atoms with E-state index in [-0.39, 0.29) is 17.2 Å². The molecular formula is C18H22O3. The summed E-state index contributed by atoms with van der Waals surface area (Å²) in [6, 6.07) is 6.93. The molecule has 21 heavy (non-hydrogen) atoms. The van der Waals surface area contributed by atoms with E-state index >= 15 is 0 Å². The molecule has 0 unspecified atom stereocenters. The maximum absolute atomic E-state index is 10.5. The van der Waals surface area contributed by atoms with Gasteiger partial charge in [0.05, 0.1) is 0 Å². The van der Waals surface area contributed by atoms with E-state index in [1.54, 1.807) is 18.2 Å². The molecule has 2 aromatic rings. The van der Waals surface area contributed by atoms with E-state index in [0.717, 1.165) is 22.3 Å². The van der Waals surface area contributed by atoms with Gasteiger partial charge in [0.15, 0.2) is 0 Å². The summed E-state index contributed by atoms with van der Waals surface area (Å²) in [5.74, 6) is 0.524. The summed E-state index contributed by atoms with van der Waals surface area (Å²) in [6.07, 6.45) is 1.91. The first-order chi connectivity index (χ1) is 10.0. The molecule has 0 spiro atoms. The molecule has 3 N–H and O–H groups in total. The molecule has 0 saturated carbocycles. The normalized spacial score (nSPS) is 10.8. The van der Waals surface area contributed by atoms with E-state index in [0.29, 0.717) is 24.8 Å². The maximum atomic E-state index is 10.5. The van der Waals surface area contributed by atoms with Crippen molar-refractivity contribution in [3.8, 4) is 28.4 Å². The second kappa shape index (κ2) is 6.08. The van der Waals surface area contributed by atoms with Gasteiger partial charge in [0, 0.05) is 16.7 Å². The highest BCUT2D eigenvalue weighted by Gasteiger charge is 2.21. The largest absolute Gasteiger partial charge is 0.508 e. The maximum Gasteiger partial charge on any atom is 0.126 e. The molecule has 0 amide bonds. The molecule has 0 radical (unpaired) electrons. The fourth-order valence-electron chi connectivity index (χ4n) is 2.93. The van der Waals surface area contributed by atoms with E-state index in [9.17, 15) is 15.3 Å². The molecule has 0 saturated heterocycles. The van der Waals surface area contributed by atoms with Gasteiger partial charge in [-0.1, -0.05) is 32.9 Å². The third kappa shape index (κ3) is 2.56. The number of benzene rings is 2. The second-order valence-corrected chi connectivity index (χ2v) is 5.12. The zero-order valence-corrected chi connectivity index (χ0v) is 12.8. The number of aromatic hydroxyl groups is 3. The van der Waals surface area contributed by atoms with Crippen molar-refractivity contribution < 1.29 is 15.3 Å². The van der Waals surface area contributed by atoms with Crippen LogP contribution in [-0.4, -0.2) is 15.3 Å². The summed E-state index contributed by atoms with van der Waals surface area (Å²) >= 11 is 0. The molecule has 0 aliphatic rings. The Bertz CT molecular complexity index is 629. The van der Waals surface area contributed by atoms with Gasteiger partial charge in [-0.15, -0.1) is 0 Å². The summed E-state index contributed by atoms with van der Waals surface area (Å²) in [7, 11) is 0. The predicted octanol–water partition coefficient (Wildman–Crippen LogP) is 4.16. The number of hydrogen-bond donors (Lipinski definition) is 3. The van der Waals surface area contributed by atoms with Crippen molar-refractivity contribution in [2.24, 2.45) is 0 Å². The summed E-state index contributed by atoms with van der Waals surface area (Å²) < 4.78 is 0. The molecule has 112 valence electrons. The molecule has 0 bridgehead atoms. The zero-order valence-electron chi connectivity index (χ0n) is 12.8. The number of rotatable bonds is 4. The van der Waals surface area contributed by atoms with Gasteiger partial charge in [0.25, 0.3) is 0 Å². The Hall–Kier alpha value is -2.16. The number of hydrogen-bond acceptors (Lipinski definition) is 3. The molecule has 2 rings (SSSR count). The molecule has 0 aliphatic heterocycles. The minimum absolute atomic E-state index is 0.174. The van der Waals surface area contributed by atoms with Crippen LogP contribution in [-0.2, 0) is 19.3 Å². The Morgan fingerprint density at radius 3 is 1.71 bits per heavy atom. The Labute approximate surface area is 125 Å². The first-order valence-corrected chi connectivity index (χ1v) is 7.42. The van der Waals surface area contributed by atoms with Gasteiger partial charge < -0.3 is 15.3 Å². The van der Waals surface area contributed by atoms with Crippen LogP contribution in [0.2, 0.25) is 0 Å². The van der Waals surface area contributed by atoms with Crippen LogP contribution < -0.4 is 0 Å². The first-order valence-electron chi connectivity index (χ1n) is 7.42. The standard InChI is InChI=1S/C18H22O3/c1-4-13-16(11-8-7-9-12(19)10-11)14(5-2)18(21)15(6-3)17(13)20/h7-10,19-21H,4-6H2,1-3H3. The Balaban J connectivity index is 2.86. The van der Waals surface area contributed by atoms with E-state index in [4.69, 9.17) is 0 Å². The number of phenolic OH excluding ortho intramolecular Hbond substituents is 3. The van der Waals surface area contributed by atoms with Crippen LogP contribution in [0.5, 0.6) is 17.2 Å². The lowest BCUT2D eigenvalue weighted by molar-refractivity contribution is 0.432. The van der Waals surface area contributed by atoms with Gasteiger partial charge in [-0.2, -0.15) is 0 Å². The van der Waals surface area contributed by atoms with E-state index < -0.39 is 0 Å². The van der Waals surface area contributed by atoms with Crippen LogP contribution in [0.3, 0.4) is 0 Å². The van der Waals surface area contributed by atoms with Gasteiger partial charge in [0.1, 0.15) is 17.2 Å². The van der Waals surface area contributed by atoms with Gasteiger partial charge in [0.2, 0.25) is 0 Å². The van der Waals surface area contributed by atoms with Crippen molar-refractivity contribution >= 4 is 0 Å². The lowest BCUT2D eigenvalue weighted by atomic mass is 9.87. The topological polar surface area (TPSA) is 60.7 Å². The first kappa shape index (κ1) is 15.2. The Kier molecular flexibility index (Phi) is 4.41. The third-order valence-electron chi connectivity index (χ3n) is 3.94. The van der Waals surface area contributed by atoms with Crippen molar-refractivity contribution in [3.63, 3.8) is 0 Å². The smallest absolute Gasteiger partial charge is 0.126 e. The highest BCUT2D eigenvalue weighted by Crippen LogP contribution is 2.44. The molecule has 0 fully saturated rings. The molecule has 3 heteroatoms. The van der Waals surface area contributed by atoms with Crippen LogP contribution in [0.15, 0.2) is 24.3 Å². The molecular weight excluding hydrogens is 264 g/mol. The van der Waals surface area contributed by atoms with E-state index in [2.05, 4.69) is 0 Å². The summed E-state index contributed by atoms with van der Waals surface area (Å²) in [6.45, 7) is 5.89. The van der Waals surface area contributed by atoms with Crippen LogP contribution in [0.4, 0.5) is 0 Å². The Morgan fingerprint density at radius 1 is 0.762 bits per heavy atom. The summed E-state index contributed by atoms with van der Waals surface area (Å²) in [5.41, 5.74) is 3.91. The average molecular weight is 286 g/mol. The average Bonchev–Trinajstić information content (AvgIpc) is 2.47. The molecule has 2 aromatic carbocycles. The van der Waals surface area contributed by atoms with Crippen LogP contribution in [0.25, 0.3) is 11.1 Å². The monoisotopic (exact) mass is 286 g/mol. The van der Waals surface area contributed by atoms with Gasteiger partial charge in [-0.05, 0) is 42.5 Å². The van der Waals surface area contributed by atoms with Crippen molar-refractivity contribution in [1.82, 2.24) is 0 Å². The van der Waals surface area contributed by atoms with Crippen LogP contribution in [0, 0.1) is 0 Å². The summed E-state index contributed by atoms with van der Waals surface area (Å²) in [4.78, 5) is 0. The fourth-order valence-corrected chi connectivity index (χ4v) is 2.93. The van der Waals surface area contributed by atoms with Crippen LogP contribution in [0.1, 0.15) is 37.5 Å². The van der Waals surface area contributed by atoms with Gasteiger partial charge in [-0.3, -0.25) is 0 Å². The number of phenols is 3. The quantitative estimate of drug-likeness (QED) is 0.791. The molecule has 3 nitrogen and oxygen atoms in total. The van der Waals surface area contributed by atoms with E-state index in [1.165, 1.54) is 0 Å². The molecule has 0 heterocycles. The second-order valence-electron chi connectivity index (χ2n) is 5.12. The van der Waals surface area contributed by atoms with Crippen LogP contribution >= 0.6 is 0 Å². The summed E-state index contributed by atoms with van der Waals surface area (Å²) in [5, 5.41) is 30.7. The minimum Gasteiger partial charge on any atom is -0.508 e. The lowest BCUT2D eigenvalue weighted by Crippen LogP contribution is -2.00. The SMILES string of the molecule is CCc1c(O)c(CC)c(-c2cccc(O)c2)c(CC)c1O.